The summed E-state index contributed by atoms with van der Waals surface area (Å²) in [6.45, 7) is 1.96. The largest absolute Gasteiger partial charge is 0.309 e. The number of para-hydroxylation sites is 1. The van der Waals surface area contributed by atoms with Crippen LogP contribution in [0.3, 0.4) is 0 Å². The smallest absolute Gasteiger partial charge is 0.258 e. The third-order valence-electron chi connectivity index (χ3n) is 4.99. The molecular formula is C21H18FN5OS. The number of H-pyrrole nitrogens is 1. The minimum atomic E-state index is -0.313. The number of nitrogens with one attached hydrogen (secondary N) is 1. The molecule has 2 aromatic heterocycles. The predicted octanol–water partition coefficient (Wildman–Crippen LogP) is 4.51. The molecule has 29 heavy (non-hydrogen) atoms. The predicted molar refractivity (Wildman–Crippen MR) is 110 cm³/mol. The molecule has 1 aliphatic carbocycles. The van der Waals surface area contributed by atoms with Gasteiger partial charge in [-0.2, -0.15) is 0 Å². The number of hydrogen-bond acceptors (Lipinski definition) is 5. The van der Waals surface area contributed by atoms with Gasteiger partial charge in [0.1, 0.15) is 11.6 Å². The minimum Gasteiger partial charge on any atom is -0.309 e. The lowest BCUT2D eigenvalue weighted by Gasteiger charge is -2.13. The number of aromatic amines is 1. The highest BCUT2D eigenvalue weighted by Gasteiger charge is 2.31. The van der Waals surface area contributed by atoms with Crippen LogP contribution in [0.15, 0.2) is 58.5 Å². The van der Waals surface area contributed by atoms with Gasteiger partial charge in [0, 0.05) is 6.04 Å². The quantitative estimate of drug-likeness (QED) is 0.493. The topological polar surface area (TPSA) is 76.5 Å². The standard InChI is InChI=1S/C21H18FN5OS/c1-12(18-23-17-9-5-3-7-15(17)20(28)24-18)29-21-26-25-19(27(21)13-10-11-13)14-6-2-4-8-16(14)22/h2-9,12-13H,10-11H2,1H3,(H,23,24,28)/t12-/m0/s1. The fourth-order valence-corrected chi connectivity index (χ4v) is 4.33. The molecule has 2 heterocycles. The zero-order valence-corrected chi connectivity index (χ0v) is 16.5. The van der Waals surface area contributed by atoms with Crippen molar-refractivity contribution < 1.29 is 4.39 Å². The summed E-state index contributed by atoms with van der Waals surface area (Å²) in [6, 6.07) is 14.2. The lowest BCUT2D eigenvalue weighted by atomic mass is 10.2. The maximum Gasteiger partial charge on any atom is 0.258 e. The van der Waals surface area contributed by atoms with Crippen molar-refractivity contribution in [2.24, 2.45) is 0 Å². The molecule has 1 N–H and O–H groups in total. The lowest BCUT2D eigenvalue weighted by molar-refractivity contribution is 0.622. The maximum atomic E-state index is 14.3. The van der Waals surface area contributed by atoms with Crippen molar-refractivity contribution in [2.45, 2.75) is 36.2 Å². The summed E-state index contributed by atoms with van der Waals surface area (Å²) in [5.74, 6) is 0.809. The Labute approximate surface area is 170 Å². The molecule has 2 aromatic carbocycles. The van der Waals surface area contributed by atoms with E-state index in [0.29, 0.717) is 33.3 Å². The summed E-state index contributed by atoms with van der Waals surface area (Å²) in [4.78, 5) is 19.9. The number of nitrogens with zero attached hydrogens (tertiary/aromatic N) is 4. The van der Waals surface area contributed by atoms with Crippen LogP contribution in [0.4, 0.5) is 4.39 Å². The van der Waals surface area contributed by atoms with Gasteiger partial charge in [0.2, 0.25) is 0 Å². The fourth-order valence-electron chi connectivity index (χ4n) is 3.36. The average Bonchev–Trinajstić information content (AvgIpc) is 3.49. The van der Waals surface area contributed by atoms with Crippen LogP contribution in [0.1, 0.15) is 36.9 Å². The second-order valence-corrected chi connectivity index (χ2v) is 8.42. The van der Waals surface area contributed by atoms with Crippen molar-refractivity contribution in [2.75, 3.05) is 0 Å². The third-order valence-corrected chi connectivity index (χ3v) is 6.06. The molecule has 0 aliphatic heterocycles. The van der Waals surface area contributed by atoms with E-state index in [9.17, 15) is 9.18 Å². The molecule has 0 amide bonds. The molecular weight excluding hydrogens is 389 g/mol. The van der Waals surface area contributed by atoms with Crippen molar-refractivity contribution in [3.05, 3.63) is 70.5 Å². The van der Waals surface area contributed by atoms with E-state index in [2.05, 4.69) is 20.2 Å². The van der Waals surface area contributed by atoms with Gasteiger partial charge in [0.15, 0.2) is 11.0 Å². The number of rotatable bonds is 5. The summed E-state index contributed by atoms with van der Waals surface area (Å²) in [5.41, 5.74) is 0.951. The van der Waals surface area contributed by atoms with Gasteiger partial charge in [0.05, 0.1) is 21.7 Å². The molecule has 1 aliphatic rings. The van der Waals surface area contributed by atoms with E-state index in [1.165, 1.54) is 17.8 Å². The Hall–Kier alpha value is -3.00. The van der Waals surface area contributed by atoms with E-state index >= 15 is 0 Å². The first-order valence-corrected chi connectivity index (χ1v) is 10.3. The van der Waals surface area contributed by atoms with Crippen molar-refractivity contribution >= 4 is 22.7 Å². The molecule has 6 nitrogen and oxygen atoms in total. The lowest BCUT2D eigenvalue weighted by Crippen LogP contribution is -2.13. The van der Waals surface area contributed by atoms with Crippen LogP contribution in [0.5, 0.6) is 0 Å². The molecule has 0 radical (unpaired) electrons. The van der Waals surface area contributed by atoms with E-state index in [1.54, 1.807) is 24.3 Å². The third kappa shape index (κ3) is 3.33. The fraction of sp³-hybridized carbons (Fsp3) is 0.238. The Kier molecular flexibility index (Phi) is 4.43. The summed E-state index contributed by atoms with van der Waals surface area (Å²) >= 11 is 1.46. The van der Waals surface area contributed by atoms with Gasteiger partial charge in [-0.3, -0.25) is 9.36 Å². The highest BCUT2D eigenvalue weighted by atomic mass is 32.2. The number of thioether (sulfide) groups is 1. The molecule has 146 valence electrons. The second kappa shape index (κ2) is 7.11. The number of aromatic nitrogens is 5. The number of fused-ring (bicyclic) bond motifs is 1. The van der Waals surface area contributed by atoms with Crippen LogP contribution in [-0.2, 0) is 0 Å². The van der Waals surface area contributed by atoms with E-state index in [4.69, 9.17) is 0 Å². The van der Waals surface area contributed by atoms with Gasteiger partial charge in [-0.15, -0.1) is 10.2 Å². The number of hydrogen-bond donors (Lipinski definition) is 1. The minimum absolute atomic E-state index is 0.150. The monoisotopic (exact) mass is 407 g/mol. The summed E-state index contributed by atoms with van der Waals surface area (Å²) in [5, 5.41) is 9.74. The maximum absolute atomic E-state index is 14.3. The number of halogens is 1. The first-order valence-electron chi connectivity index (χ1n) is 9.47. The Morgan fingerprint density at radius 2 is 1.90 bits per heavy atom. The van der Waals surface area contributed by atoms with Crippen molar-refractivity contribution in [1.29, 1.82) is 0 Å². The highest BCUT2D eigenvalue weighted by molar-refractivity contribution is 7.99. The highest BCUT2D eigenvalue weighted by Crippen LogP contribution is 2.43. The van der Waals surface area contributed by atoms with Gasteiger partial charge >= 0.3 is 0 Å². The van der Waals surface area contributed by atoms with Crippen LogP contribution in [0, 0.1) is 5.82 Å². The Balaban J connectivity index is 1.51. The van der Waals surface area contributed by atoms with Crippen molar-refractivity contribution in [1.82, 2.24) is 24.7 Å². The van der Waals surface area contributed by atoms with Crippen LogP contribution in [0.2, 0.25) is 0 Å². The summed E-state index contributed by atoms with van der Waals surface area (Å²) in [7, 11) is 0. The Morgan fingerprint density at radius 3 is 2.69 bits per heavy atom. The van der Waals surface area contributed by atoms with Gasteiger partial charge < -0.3 is 4.98 Å². The van der Waals surface area contributed by atoms with Crippen LogP contribution < -0.4 is 5.56 Å². The average molecular weight is 407 g/mol. The summed E-state index contributed by atoms with van der Waals surface area (Å²) in [6.07, 6.45) is 2.04. The molecule has 1 saturated carbocycles. The Morgan fingerprint density at radius 1 is 1.14 bits per heavy atom. The van der Waals surface area contributed by atoms with Gasteiger partial charge in [-0.25, -0.2) is 9.37 Å². The molecule has 1 atom stereocenters. The normalized spacial score (nSPS) is 15.0. The SMILES string of the molecule is C[C@H](Sc1nnc(-c2ccccc2F)n1C1CC1)c1nc2ccccc2c(=O)[nH]1. The Bertz CT molecular complexity index is 1260. The summed E-state index contributed by atoms with van der Waals surface area (Å²) < 4.78 is 16.3. The van der Waals surface area contributed by atoms with Gasteiger partial charge in [-0.1, -0.05) is 36.0 Å². The van der Waals surface area contributed by atoms with Crippen molar-refractivity contribution in [3.8, 4) is 11.4 Å². The first-order chi connectivity index (χ1) is 14.1. The first kappa shape index (κ1) is 18.1. The van der Waals surface area contributed by atoms with E-state index in [-0.39, 0.29) is 22.7 Å². The van der Waals surface area contributed by atoms with E-state index in [1.807, 2.05) is 29.7 Å². The van der Waals surface area contributed by atoms with Gasteiger partial charge in [0.25, 0.3) is 5.56 Å². The molecule has 0 spiro atoms. The second-order valence-electron chi connectivity index (χ2n) is 7.12. The van der Waals surface area contributed by atoms with Crippen LogP contribution in [-0.4, -0.2) is 24.7 Å². The van der Waals surface area contributed by atoms with E-state index in [0.717, 1.165) is 12.8 Å². The molecule has 5 rings (SSSR count). The zero-order valence-electron chi connectivity index (χ0n) is 15.7. The molecule has 8 heteroatoms. The number of benzene rings is 2. The zero-order chi connectivity index (χ0) is 20.0. The van der Waals surface area contributed by atoms with Crippen molar-refractivity contribution in [3.63, 3.8) is 0 Å². The van der Waals surface area contributed by atoms with Crippen LogP contribution in [0.25, 0.3) is 22.3 Å². The van der Waals surface area contributed by atoms with E-state index < -0.39 is 0 Å². The molecule has 0 saturated heterocycles. The molecule has 0 bridgehead atoms. The van der Waals surface area contributed by atoms with Gasteiger partial charge in [-0.05, 0) is 44.0 Å². The molecule has 4 aromatic rings. The molecule has 0 unspecified atom stereocenters. The molecule has 1 fully saturated rings. The van der Waals surface area contributed by atoms with Crippen LogP contribution >= 0.6 is 11.8 Å².